The Bertz CT molecular complexity index is 520. The minimum Gasteiger partial charge on any atom is -0.296 e. The molecule has 0 radical (unpaired) electrons. The van der Waals surface area contributed by atoms with Crippen LogP contribution >= 0.6 is 0 Å². The molecule has 1 aromatic heterocycles. The average Bonchev–Trinajstić information content (AvgIpc) is 2.78. The summed E-state index contributed by atoms with van der Waals surface area (Å²) < 4.78 is 1.59. The highest BCUT2D eigenvalue weighted by atomic mass is 16.1. The van der Waals surface area contributed by atoms with Gasteiger partial charge in [-0.05, 0) is 30.3 Å². The van der Waals surface area contributed by atoms with Gasteiger partial charge >= 0.3 is 0 Å². The smallest absolute Gasteiger partial charge is 0.170 e. The maximum atomic E-state index is 10.4. The van der Waals surface area contributed by atoms with Crippen LogP contribution < -0.4 is 0 Å². The zero-order valence-electron chi connectivity index (χ0n) is 7.79. The van der Waals surface area contributed by atoms with Crippen LogP contribution in [0, 0.1) is 11.3 Å². The van der Waals surface area contributed by atoms with E-state index in [9.17, 15) is 4.79 Å². The maximum absolute atomic E-state index is 10.4. The predicted octanol–water partition coefficient (Wildman–Crippen LogP) is 1.56. The summed E-state index contributed by atoms with van der Waals surface area (Å²) in [5.41, 5.74) is 1.81. The van der Waals surface area contributed by atoms with Crippen molar-refractivity contribution in [2.24, 2.45) is 0 Å². The van der Waals surface area contributed by atoms with E-state index >= 15 is 0 Å². The third-order valence-electron chi connectivity index (χ3n) is 1.99. The molecule has 0 spiro atoms. The Morgan fingerprint density at radius 1 is 1.27 bits per heavy atom. The van der Waals surface area contributed by atoms with E-state index in [0.717, 1.165) is 5.69 Å². The number of rotatable bonds is 2. The fraction of sp³-hybridized carbons (Fsp3) is 0. The van der Waals surface area contributed by atoms with Crippen molar-refractivity contribution in [1.29, 1.82) is 5.26 Å². The Labute approximate surface area is 86.4 Å². The van der Waals surface area contributed by atoms with Crippen LogP contribution in [-0.4, -0.2) is 16.1 Å². The highest BCUT2D eigenvalue weighted by Crippen LogP contribution is 2.08. The van der Waals surface area contributed by atoms with Crippen molar-refractivity contribution in [2.75, 3.05) is 0 Å². The summed E-state index contributed by atoms with van der Waals surface area (Å²) in [4.78, 5) is 10.4. The molecule has 1 heterocycles. The molecule has 0 unspecified atom stereocenters. The molecule has 0 amide bonds. The summed E-state index contributed by atoms with van der Waals surface area (Å²) in [5.74, 6) is 0. The Kier molecular flexibility index (Phi) is 2.30. The van der Waals surface area contributed by atoms with E-state index < -0.39 is 0 Å². The minimum atomic E-state index is 0.388. The van der Waals surface area contributed by atoms with Crippen molar-refractivity contribution in [3.8, 4) is 11.8 Å². The fourth-order valence-electron chi connectivity index (χ4n) is 1.23. The lowest BCUT2D eigenvalue weighted by Crippen LogP contribution is -1.95. The molecule has 4 heteroatoms. The Morgan fingerprint density at radius 3 is 2.53 bits per heavy atom. The predicted molar refractivity (Wildman–Crippen MR) is 53.7 cm³/mol. The topological polar surface area (TPSA) is 58.7 Å². The zero-order chi connectivity index (χ0) is 10.7. The highest BCUT2D eigenvalue weighted by Gasteiger charge is 1.99. The van der Waals surface area contributed by atoms with Gasteiger partial charge in [0.25, 0.3) is 0 Å². The molecule has 0 saturated carbocycles. The molecule has 2 rings (SSSR count). The Morgan fingerprint density at radius 2 is 2.00 bits per heavy atom. The summed E-state index contributed by atoms with van der Waals surface area (Å²) in [6.45, 7) is 0. The molecule has 72 valence electrons. The largest absolute Gasteiger partial charge is 0.296 e. The second-order valence-corrected chi connectivity index (χ2v) is 2.96. The third kappa shape index (κ3) is 1.76. The van der Waals surface area contributed by atoms with Crippen LogP contribution in [0.25, 0.3) is 5.69 Å². The van der Waals surface area contributed by atoms with Crippen LogP contribution in [0.2, 0.25) is 0 Å². The van der Waals surface area contributed by atoms with Gasteiger partial charge in [-0.3, -0.25) is 4.79 Å². The van der Waals surface area contributed by atoms with E-state index in [1.165, 1.54) is 0 Å². The zero-order valence-corrected chi connectivity index (χ0v) is 7.79. The van der Waals surface area contributed by atoms with Crippen molar-refractivity contribution in [1.82, 2.24) is 9.78 Å². The SMILES string of the molecule is N#Cc1ccc(-n2ccc(C=O)n2)cc1. The number of carbonyl (C=O) groups is 1. The van der Waals surface area contributed by atoms with Crippen LogP contribution in [0.15, 0.2) is 36.5 Å². The van der Waals surface area contributed by atoms with E-state index in [4.69, 9.17) is 5.26 Å². The van der Waals surface area contributed by atoms with Gasteiger partial charge in [-0.25, -0.2) is 4.68 Å². The van der Waals surface area contributed by atoms with E-state index in [2.05, 4.69) is 5.10 Å². The van der Waals surface area contributed by atoms with Crippen LogP contribution in [0.1, 0.15) is 16.1 Å². The van der Waals surface area contributed by atoms with Gasteiger partial charge in [0, 0.05) is 6.20 Å². The number of hydrogen-bond donors (Lipinski definition) is 0. The van der Waals surface area contributed by atoms with E-state index in [1.54, 1.807) is 41.2 Å². The lowest BCUT2D eigenvalue weighted by atomic mass is 10.2. The molecule has 15 heavy (non-hydrogen) atoms. The standard InChI is InChI=1S/C11H7N3O/c12-7-9-1-3-11(4-2-9)14-6-5-10(8-15)13-14/h1-6,8H. The summed E-state index contributed by atoms with van der Waals surface area (Å²) in [6.07, 6.45) is 2.39. The van der Waals surface area contributed by atoms with E-state index in [1.807, 2.05) is 6.07 Å². The van der Waals surface area contributed by atoms with E-state index in [0.29, 0.717) is 17.5 Å². The number of carbonyl (C=O) groups excluding carboxylic acids is 1. The van der Waals surface area contributed by atoms with Crippen LogP contribution in [0.4, 0.5) is 0 Å². The lowest BCUT2D eigenvalue weighted by Gasteiger charge is -1.99. The second kappa shape index (κ2) is 3.76. The van der Waals surface area contributed by atoms with Gasteiger partial charge in [0.15, 0.2) is 6.29 Å². The maximum Gasteiger partial charge on any atom is 0.170 e. The molecule has 0 atom stereocenters. The third-order valence-corrected chi connectivity index (χ3v) is 1.99. The molecule has 4 nitrogen and oxygen atoms in total. The molecule has 1 aromatic carbocycles. The number of aldehydes is 1. The Balaban J connectivity index is 2.37. The van der Waals surface area contributed by atoms with Gasteiger partial charge in [-0.2, -0.15) is 10.4 Å². The lowest BCUT2D eigenvalue weighted by molar-refractivity contribution is 0.111. The molecule has 0 aliphatic carbocycles. The number of benzene rings is 1. The first-order valence-electron chi connectivity index (χ1n) is 4.35. The first-order valence-corrected chi connectivity index (χ1v) is 4.35. The molecule has 0 saturated heterocycles. The summed E-state index contributed by atoms with van der Waals surface area (Å²) in [5, 5.41) is 12.6. The number of nitriles is 1. The molecule has 0 N–H and O–H groups in total. The van der Waals surface area contributed by atoms with Crippen LogP contribution in [0.5, 0.6) is 0 Å². The average molecular weight is 197 g/mol. The number of hydrogen-bond acceptors (Lipinski definition) is 3. The van der Waals surface area contributed by atoms with Gasteiger partial charge in [0.1, 0.15) is 5.69 Å². The van der Waals surface area contributed by atoms with Crippen molar-refractivity contribution in [3.63, 3.8) is 0 Å². The van der Waals surface area contributed by atoms with Gasteiger partial charge in [-0.15, -0.1) is 0 Å². The van der Waals surface area contributed by atoms with Crippen LogP contribution in [-0.2, 0) is 0 Å². The highest BCUT2D eigenvalue weighted by molar-refractivity contribution is 5.71. The first-order chi connectivity index (χ1) is 7.33. The van der Waals surface area contributed by atoms with Crippen molar-refractivity contribution >= 4 is 6.29 Å². The molecular formula is C11H7N3O. The van der Waals surface area contributed by atoms with Crippen LogP contribution in [0.3, 0.4) is 0 Å². The molecule has 0 bridgehead atoms. The van der Waals surface area contributed by atoms with Crippen molar-refractivity contribution < 1.29 is 4.79 Å². The number of aromatic nitrogens is 2. The summed E-state index contributed by atoms with van der Waals surface area (Å²) in [6, 6.07) is 10.6. The monoisotopic (exact) mass is 197 g/mol. The van der Waals surface area contributed by atoms with Gasteiger partial charge in [-0.1, -0.05) is 0 Å². The van der Waals surface area contributed by atoms with Gasteiger partial charge in [0.2, 0.25) is 0 Å². The molecule has 0 fully saturated rings. The Hall–Kier alpha value is -2.41. The number of nitrogens with zero attached hydrogens (tertiary/aromatic N) is 3. The van der Waals surface area contributed by atoms with E-state index in [-0.39, 0.29) is 0 Å². The van der Waals surface area contributed by atoms with Crippen molar-refractivity contribution in [2.45, 2.75) is 0 Å². The minimum absolute atomic E-state index is 0.388. The normalized spacial score (nSPS) is 9.53. The fourth-order valence-corrected chi connectivity index (χ4v) is 1.23. The summed E-state index contributed by atoms with van der Waals surface area (Å²) in [7, 11) is 0. The molecular weight excluding hydrogens is 190 g/mol. The van der Waals surface area contributed by atoms with Gasteiger partial charge in [0.05, 0.1) is 17.3 Å². The molecule has 0 aliphatic rings. The second-order valence-electron chi connectivity index (χ2n) is 2.96. The first kappa shape index (κ1) is 9.16. The molecule has 2 aromatic rings. The summed E-state index contributed by atoms with van der Waals surface area (Å²) >= 11 is 0. The van der Waals surface area contributed by atoms with Crippen molar-refractivity contribution in [3.05, 3.63) is 47.8 Å². The molecule has 0 aliphatic heterocycles. The quantitative estimate of drug-likeness (QED) is 0.686. The van der Waals surface area contributed by atoms with Gasteiger partial charge < -0.3 is 0 Å².